The number of nitrogens with zero attached hydrogens (tertiary/aromatic N) is 2. The van der Waals surface area contributed by atoms with Crippen LogP contribution in [-0.4, -0.2) is 22.4 Å². The van der Waals surface area contributed by atoms with E-state index >= 15 is 0 Å². The molecule has 1 aromatic heterocycles. The van der Waals surface area contributed by atoms with Gasteiger partial charge in [-0.05, 0) is 42.7 Å². The molecule has 2 N–H and O–H groups in total. The van der Waals surface area contributed by atoms with Crippen molar-refractivity contribution in [2.24, 2.45) is 13.0 Å². The molecule has 0 unspecified atom stereocenters. The fourth-order valence-corrected chi connectivity index (χ4v) is 4.48. The normalized spacial score (nSPS) is 23.5. The Bertz CT molecular complexity index is 797. The SMILES string of the molecule is CCc1nn(C)cc1CNC(=O)NC[C@H]1C[C@@]12CCc1ccccc12. The number of carbonyl (C=O) groups excluding carboxylic acids is 1. The molecule has 25 heavy (non-hydrogen) atoms. The number of nitrogens with one attached hydrogen (secondary N) is 2. The Hall–Kier alpha value is -2.30. The third-order valence-corrected chi connectivity index (χ3v) is 5.90. The van der Waals surface area contributed by atoms with Gasteiger partial charge < -0.3 is 10.6 Å². The summed E-state index contributed by atoms with van der Waals surface area (Å²) in [4.78, 5) is 12.2. The van der Waals surface area contributed by atoms with Crippen LogP contribution in [0.2, 0.25) is 0 Å². The van der Waals surface area contributed by atoms with E-state index in [9.17, 15) is 4.79 Å². The third-order valence-electron chi connectivity index (χ3n) is 5.90. The number of amides is 2. The van der Waals surface area contributed by atoms with Gasteiger partial charge in [0.15, 0.2) is 0 Å². The minimum atomic E-state index is -0.0840. The largest absolute Gasteiger partial charge is 0.338 e. The summed E-state index contributed by atoms with van der Waals surface area (Å²) in [5.74, 6) is 0.575. The highest BCUT2D eigenvalue weighted by Gasteiger charge is 2.57. The van der Waals surface area contributed by atoms with Gasteiger partial charge in [0.2, 0.25) is 0 Å². The number of benzene rings is 1. The molecule has 2 amide bonds. The zero-order valence-corrected chi connectivity index (χ0v) is 15.0. The van der Waals surface area contributed by atoms with Crippen LogP contribution in [0.4, 0.5) is 4.79 Å². The van der Waals surface area contributed by atoms with Gasteiger partial charge in [-0.1, -0.05) is 31.2 Å². The molecule has 0 bridgehead atoms. The predicted molar refractivity (Wildman–Crippen MR) is 97.4 cm³/mol. The van der Waals surface area contributed by atoms with Gasteiger partial charge >= 0.3 is 6.03 Å². The van der Waals surface area contributed by atoms with E-state index in [2.05, 4.69) is 46.9 Å². The molecule has 5 heteroatoms. The lowest BCUT2D eigenvalue weighted by atomic mass is 9.95. The average molecular weight is 338 g/mol. The number of fused-ring (bicyclic) bond motifs is 2. The van der Waals surface area contributed by atoms with Crippen molar-refractivity contribution in [1.82, 2.24) is 20.4 Å². The molecule has 2 atom stereocenters. The predicted octanol–water partition coefficient (Wildman–Crippen LogP) is 2.69. The summed E-state index contributed by atoms with van der Waals surface area (Å²) in [7, 11) is 1.91. The van der Waals surface area contributed by atoms with Crippen molar-refractivity contribution < 1.29 is 4.79 Å². The molecule has 4 rings (SSSR count). The minimum Gasteiger partial charge on any atom is -0.338 e. The molecular weight excluding hydrogens is 312 g/mol. The van der Waals surface area contributed by atoms with E-state index in [-0.39, 0.29) is 6.03 Å². The Balaban J connectivity index is 1.28. The van der Waals surface area contributed by atoms with E-state index in [0.717, 1.165) is 24.2 Å². The maximum absolute atomic E-state index is 12.2. The lowest BCUT2D eigenvalue weighted by Gasteiger charge is -2.12. The van der Waals surface area contributed by atoms with Crippen LogP contribution in [0, 0.1) is 5.92 Å². The maximum Gasteiger partial charge on any atom is 0.315 e. The first-order valence-electron chi connectivity index (χ1n) is 9.24. The molecule has 2 aliphatic rings. The molecule has 132 valence electrons. The Labute approximate surface area is 148 Å². The summed E-state index contributed by atoms with van der Waals surface area (Å²) in [5, 5.41) is 10.4. The first kappa shape index (κ1) is 16.2. The van der Waals surface area contributed by atoms with Crippen molar-refractivity contribution in [3.8, 4) is 0 Å². The van der Waals surface area contributed by atoms with E-state index in [1.165, 1.54) is 30.4 Å². The van der Waals surface area contributed by atoms with Crippen LogP contribution in [0.3, 0.4) is 0 Å². The van der Waals surface area contributed by atoms with Gasteiger partial charge in [-0.25, -0.2) is 4.79 Å². The summed E-state index contributed by atoms with van der Waals surface area (Å²) in [6.07, 6.45) is 6.47. The highest BCUT2D eigenvalue weighted by atomic mass is 16.2. The summed E-state index contributed by atoms with van der Waals surface area (Å²) in [6, 6.07) is 8.71. The van der Waals surface area contributed by atoms with Crippen LogP contribution in [0.5, 0.6) is 0 Å². The molecular formula is C20H26N4O. The van der Waals surface area contributed by atoms with E-state index in [4.69, 9.17) is 0 Å². The van der Waals surface area contributed by atoms with Crippen LogP contribution < -0.4 is 10.6 Å². The summed E-state index contributed by atoms with van der Waals surface area (Å²) in [6.45, 7) is 3.37. The number of hydrogen-bond acceptors (Lipinski definition) is 2. The smallest absolute Gasteiger partial charge is 0.315 e. The third kappa shape index (κ3) is 2.92. The average Bonchev–Trinajstić information content (AvgIpc) is 3.01. The standard InChI is InChI=1S/C20H26N4O/c1-3-18-15(13-24(2)23-18)11-21-19(25)22-12-16-10-20(16)9-8-14-6-4-5-7-17(14)20/h4-7,13,16H,3,8-12H2,1-2H3,(H2,21,22,25)/t16-,20+/m1/s1. The summed E-state index contributed by atoms with van der Waals surface area (Å²) in [5.41, 5.74) is 5.49. The number of rotatable bonds is 5. The van der Waals surface area contributed by atoms with Crippen LogP contribution in [-0.2, 0) is 31.8 Å². The second-order valence-electron chi connectivity index (χ2n) is 7.41. The van der Waals surface area contributed by atoms with Gasteiger partial charge in [0.05, 0.1) is 5.69 Å². The van der Waals surface area contributed by atoms with Gasteiger partial charge in [-0.15, -0.1) is 0 Å². The van der Waals surface area contributed by atoms with Crippen LogP contribution in [0.25, 0.3) is 0 Å². The van der Waals surface area contributed by atoms with Gasteiger partial charge in [0, 0.05) is 37.3 Å². The second-order valence-corrected chi connectivity index (χ2v) is 7.41. The summed E-state index contributed by atoms with van der Waals surface area (Å²) >= 11 is 0. The van der Waals surface area contributed by atoms with Crippen molar-refractivity contribution >= 4 is 6.03 Å². The second kappa shape index (κ2) is 6.21. The lowest BCUT2D eigenvalue weighted by Crippen LogP contribution is -2.37. The lowest BCUT2D eigenvalue weighted by molar-refractivity contribution is 0.239. The van der Waals surface area contributed by atoms with Gasteiger partial charge in [0.1, 0.15) is 0 Å². The fourth-order valence-electron chi connectivity index (χ4n) is 4.48. The maximum atomic E-state index is 12.2. The molecule has 0 radical (unpaired) electrons. The number of hydrogen-bond donors (Lipinski definition) is 2. The van der Waals surface area contributed by atoms with Crippen LogP contribution in [0.1, 0.15) is 42.1 Å². The van der Waals surface area contributed by atoms with E-state index < -0.39 is 0 Å². The van der Waals surface area contributed by atoms with E-state index in [1.54, 1.807) is 4.68 Å². The topological polar surface area (TPSA) is 59.0 Å². The van der Waals surface area contributed by atoms with Crippen molar-refractivity contribution in [3.05, 3.63) is 52.8 Å². The van der Waals surface area contributed by atoms with Crippen molar-refractivity contribution in [3.63, 3.8) is 0 Å². The number of aromatic nitrogens is 2. The highest BCUT2D eigenvalue weighted by molar-refractivity contribution is 5.74. The van der Waals surface area contributed by atoms with Gasteiger partial charge in [0.25, 0.3) is 0 Å². The molecule has 2 aliphatic carbocycles. The molecule has 1 fully saturated rings. The quantitative estimate of drug-likeness (QED) is 0.880. The Morgan fingerprint density at radius 1 is 1.36 bits per heavy atom. The van der Waals surface area contributed by atoms with E-state index in [0.29, 0.717) is 17.9 Å². The molecule has 0 saturated heterocycles. The number of carbonyl (C=O) groups is 1. The summed E-state index contributed by atoms with van der Waals surface area (Å²) < 4.78 is 1.80. The van der Waals surface area contributed by atoms with E-state index in [1.807, 2.05) is 13.2 Å². The molecule has 0 aliphatic heterocycles. The van der Waals surface area contributed by atoms with Gasteiger partial charge in [-0.2, -0.15) is 5.10 Å². The molecule has 2 aromatic rings. The fraction of sp³-hybridized carbons (Fsp3) is 0.500. The van der Waals surface area contributed by atoms with Gasteiger partial charge in [-0.3, -0.25) is 4.68 Å². The van der Waals surface area contributed by atoms with Crippen LogP contribution in [0.15, 0.2) is 30.5 Å². The van der Waals surface area contributed by atoms with Crippen molar-refractivity contribution in [2.75, 3.05) is 6.54 Å². The molecule has 1 aromatic carbocycles. The minimum absolute atomic E-state index is 0.0840. The number of urea groups is 1. The number of aryl methyl sites for hydroxylation is 3. The Morgan fingerprint density at radius 2 is 2.20 bits per heavy atom. The highest BCUT2D eigenvalue weighted by Crippen LogP contribution is 2.61. The molecule has 1 saturated carbocycles. The molecule has 1 heterocycles. The zero-order chi connectivity index (χ0) is 17.4. The van der Waals surface area contributed by atoms with Crippen molar-refractivity contribution in [2.45, 2.75) is 44.6 Å². The first-order valence-corrected chi connectivity index (χ1v) is 9.24. The Morgan fingerprint density at radius 3 is 3.04 bits per heavy atom. The molecule has 1 spiro atoms. The monoisotopic (exact) mass is 338 g/mol. The zero-order valence-electron chi connectivity index (χ0n) is 15.0. The van der Waals surface area contributed by atoms with Crippen molar-refractivity contribution in [1.29, 1.82) is 0 Å². The van der Waals surface area contributed by atoms with Crippen LogP contribution >= 0.6 is 0 Å². The molecule has 5 nitrogen and oxygen atoms in total. The Kier molecular flexibility index (Phi) is 4.02. The first-order chi connectivity index (χ1) is 12.1.